The molecule has 0 saturated carbocycles. The van der Waals surface area contributed by atoms with Crippen molar-refractivity contribution in [1.82, 2.24) is 25.2 Å². The van der Waals surface area contributed by atoms with Gasteiger partial charge in [-0.3, -0.25) is 0 Å². The van der Waals surface area contributed by atoms with Crippen LogP contribution in [-0.4, -0.2) is 25.2 Å². The number of nitriles is 1. The van der Waals surface area contributed by atoms with Gasteiger partial charge in [0, 0.05) is 11.5 Å². The molecule has 22 heavy (non-hydrogen) atoms. The van der Waals surface area contributed by atoms with Gasteiger partial charge in [0.1, 0.15) is 16.8 Å². The highest BCUT2D eigenvalue weighted by Gasteiger charge is 2.20. The molecule has 0 aliphatic heterocycles. The summed E-state index contributed by atoms with van der Waals surface area (Å²) >= 11 is 1.46. The summed E-state index contributed by atoms with van der Waals surface area (Å²) in [6.45, 7) is 6.12. The van der Waals surface area contributed by atoms with Gasteiger partial charge in [-0.05, 0) is 12.5 Å². The van der Waals surface area contributed by atoms with Gasteiger partial charge in [-0.25, -0.2) is 0 Å². The predicted molar refractivity (Wildman–Crippen MR) is 83.8 cm³/mol. The Morgan fingerprint density at radius 3 is 2.59 bits per heavy atom. The van der Waals surface area contributed by atoms with Gasteiger partial charge in [0.2, 0.25) is 5.13 Å². The van der Waals surface area contributed by atoms with E-state index in [1.54, 1.807) is 4.68 Å². The molecule has 2 heterocycles. The maximum Gasteiger partial charge on any atom is 0.234 e. The molecule has 0 bridgehead atoms. The van der Waals surface area contributed by atoms with Crippen LogP contribution in [0.5, 0.6) is 0 Å². The van der Waals surface area contributed by atoms with Crippen LogP contribution in [-0.2, 0) is 0 Å². The van der Waals surface area contributed by atoms with Gasteiger partial charge in [0.15, 0.2) is 5.69 Å². The first-order valence-corrected chi connectivity index (χ1v) is 7.69. The average Bonchev–Trinajstić information content (AvgIpc) is 3.14. The molecule has 0 unspecified atom stereocenters. The van der Waals surface area contributed by atoms with Gasteiger partial charge in [0.25, 0.3) is 0 Å². The van der Waals surface area contributed by atoms with Gasteiger partial charge in [-0.15, -0.1) is 15.3 Å². The van der Waals surface area contributed by atoms with E-state index in [9.17, 15) is 5.26 Å². The Balaban J connectivity index is 2.20. The third-order valence-corrected chi connectivity index (χ3v) is 4.48. The Hall–Kier alpha value is -2.59. The van der Waals surface area contributed by atoms with E-state index >= 15 is 0 Å². The molecule has 3 rings (SSSR count). The Bertz CT molecular complexity index is 855. The molecule has 6 nitrogen and oxygen atoms in total. The second-order valence-electron chi connectivity index (χ2n) is 5.20. The second-order valence-corrected chi connectivity index (χ2v) is 6.19. The summed E-state index contributed by atoms with van der Waals surface area (Å²) in [6.07, 6.45) is 0. The number of hydrogen-bond donors (Lipinski definition) is 0. The molecule has 0 aliphatic carbocycles. The quantitative estimate of drug-likeness (QED) is 0.742. The predicted octanol–water partition coefficient (Wildman–Crippen LogP) is 3.09. The highest BCUT2D eigenvalue weighted by Crippen LogP contribution is 2.29. The van der Waals surface area contributed by atoms with Crippen molar-refractivity contribution in [2.45, 2.75) is 26.7 Å². The van der Waals surface area contributed by atoms with Gasteiger partial charge < -0.3 is 0 Å². The minimum absolute atomic E-state index is 0.288. The zero-order valence-corrected chi connectivity index (χ0v) is 13.3. The molecular formula is C15H14N6S. The zero-order chi connectivity index (χ0) is 15.7. The van der Waals surface area contributed by atoms with Crippen LogP contribution in [0, 0.1) is 18.3 Å². The molecule has 2 aromatic heterocycles. The molecule has 0 saturated heterocycles. The van der Waals surface area contributed by atoms with Crippen molar-refractivity contribution in [3.05, 3.63) is 40.5 Å². The number of nitrogens with zero attached hydrogens (tertiary/aromatic N) is 6. The minimum Gasteiger partial charge on any atom is -0.191 e. The standard InChI is InChI=1S/C15H14N6S/c1-9(2)14-18-19-15(22-14)21-13(12(8-16)17-20-21)11-7-5-4-6-10(11)3/h4-7,9H,1-3H3. The van der Waals surface area contributed by atoms with E-state index in [0.29, 0.717) is 16.7 Å². The molecule has 0 spiro atoms. The Labute approximate surface area is 132 Å². The lowest BCUT2D eigenvalue weighted by molar-refractivity contribution is 0.775. The Morgan fingerprint density at radius 1 is 1.18 bits per heavy atom. The SMILES string of the molecule is Cc1ccccc1-c1c(C#N)nnn1-c1nnc(C(C)C)s1. The van der Waals surface area contributed by atoms with Crippen LogP contribution in [0.3, 0.4) is 0 Å². The molecule has 0 amide bonds. The molecule has 3 aromatic rings. The fourth-order valence-electron chi connectivity index (χ4n) is 2.12. The summed E-state index contributed by atoms with van der Waals surface area (Å²) in [5.74, 6) is 0.298. The lowest BCUT2D eigenvalue weighted by Gasteiger charge is -2.06. The molecular weight excluding hydrogens is 296 g/mol. The largest absolute Gasteiger partial charge is 0.234 e. The summed E-state index contributed by atoms with van der Waals surface area (Å²) in [5, 5.41) is 27.3. The summed E-state index contributed by atoms with van der Waals surface area (Å²) < 4.78 is 1.60. The van der Waals surface area contributed by atoms with E-state index < -0.39 is 0 Å². The molecule has 1 aromatic carbocycles. The molecule has 7 heteroatoms. The summed E-state index contributed by atoms with van der Waals surface area (Å²) in [4.78, 5) is 0. The first-order chi connectivity index (χ1) is 10.6. The fraction of sp³-hybridized carbons (Fsp3) is 0.267. The lowest BCUT2D eigenvalue weighted by Crippen LogP contribution is -2.00. The highest BCUT2D eigenvalue weighted by molar-refractivity contribution is 7.13. The van der Waals surface area contributed by atoms with Crippen LogP contribution in [0.25, 0.3) is 16.4 Å². The zero-order valence-electron chi connectivity index (χ0n) is 12.5. The molecule has 0 radical (unpaired) electrons. The summed E-state index contributed by atoms with van der Waals surface area (Å²) in [6, 6.07) is 9.94. The maximum atomic E-state index is 9.33. The van der Waals surface area contributed by atoms with Crippen molar-refractivity contribution in [3.63, 3.8) is 0 Å². The van der Waals surface area contributed by atoms with Crippen molar-refractivity contribution < 1.29 is 0 Å². The van der Waals surface area contributed by atoms with Crippen LogP contribution < -0.4 is 0 Å². The van der Waals surface area contributed by atoms with E-state index in [-0.39, 0.29) is 5.69 Å². The second kappa shape index (κ2) is 5.66. The van der Waals surface area contributed by atoms with Crippen molar-refractivity contribution in [1.29, 1.82) is 5.26 Å². The lowest BCUT2D eigenvalue weighted by atomic mass is 10.0. The molecule has 0 N–H and O–H groups in total. The van der Waals surface area contributed by atoms with Gasteiger partial charge >= 0.3 is 0 Å². The summed E-state index contributed by atoms with van der Waals surface area (Å²) in [5.41, 5.74) is 2.92. The number of hydrogen-bond acceptors (Lipinski definition) is 6. The van der Waals surface area contributed by atoms with Crippen molar-refractivity contribution >= 4 is 11.3 Å². The van der Waals surface area contributed by atoms with E-state index in [2.05, 4.69) is 40.4 Å². The van der Waals surface area contributed by atoms with Crippen LogP contribution in [0.15, 0.2) is 24.3 Å². The van der Waals surface area contributed by atoms with Crippen LogP contribution in [0.1, 0.15) is 36.0 Å². The van der Waals surface area contributed by atoms with Crippen LogP contribution >= 0.6 is 11.3 Å². The van der Waals surface area contributed by atoms with E-state index in [4.69, 9.17) is 0 Å². The summed E-state index contributed by atoms with van der Waals surface area (Å²) in [7, 11) is 0. The first-order valence-electron chi connectivity index (χ1n) is 6.87. The highest BCUT2D eigenvalue weighted by atomic mass is 32.1. The van der Waals surface area contributed by atoms with Gasteiger partial charge in [-0.2, -0.15) is 9.94 Å². The van der Waals surface area contributed by atoms with E-state index in [1.165, 1.54) is 11.3 Å². The molecule has 0 fully saturated rings. The van der Waals surface area contributed by atoms with Crippen LogP contribution in [0.4, 0.5) is 0 Å². The monoisotopic (exact) mass is 310 g/mol. The van der Waals surface area contributed by atoms with Crippen molar-refractivity contribution in [3.8, 4) is 22.5 Å². The number of rotatable bonds is 3. The minimum atomic E-state index is 0.288. The Morgan fingerprint density at radius 2 is 1.95 bits per heavy atom. The third kappa shape index (κ3) is 2.38. The van der Waals surface area contributed by atoms with E-state index in [0.717, 1.165) is 16.1 Å². The first kappa shape index (κ1) is 14.4. The fourth-order valence-corrected chi connectivity index (χ4v) is 2.92. The van der Waals surface area contributed by atoms with Gasteiger partial charge in [0.05, 0.1) is 0 Å². The molecule has 0 atom stereocenters. The van der Waals surface area contributed by atoms with Crippen molar-refractivity contribution in [2.75, 3.05) is 0 Å². The van der Waals surface area contributed by atoms with Gasteiger partial charge in [-0.1, -0.05) is 54.7 Å². The Kier molecular flexibility index (Phi) is 3.69. The third-order valence-electron chi connectivity index (χ3n) is 3.28. The number of aryl methyl sites for hydroxylation is 1. The smallest absolute Gasteiger partial charge is 0.191 e. The normalized spacial score (nSPS) is 10.9. The van der Waals surface area contributed by atoms with E-state index in [1.807, 2.05) is 31.2 Å². The number of aromatic nitrogens is 5. The number of benzene rings is 1. The topological polar surface area (TPSA) is 80.3 Å². The molecule has 110 valence electrons. The van der Waals surface area contributed by atoms with Crippen LogP contribution in [0.2, 0.25) is 0 Å². The van der Waals surface area contributed by atoms with Crippen molar-refractivity contribution in [2.24, 2.45) is 0 Å². The molecule has 0 aliphatic rings. The average molecular weight is 310 g/mol. The maximum absolute atomic E-state index is 9.33.